The minimum atomic E-state index is 0.0116. The molecule has 2 aliphatic heterocycles. The van der Waals surface area contributed by atoms with Crippen molar-refractivity contribution in [2.75, 3.05) is 25.1 Å². The SMILES string of the molecule is O=C(Nc1cnc(CC2CC2)nc1)N1CC2(CCC2)C1C1CCOCC1. The molecule has 2 saturated carbocycles. The number of ether oxygens (including phenoxy) is 1. The number of nitrogens with one attached hydrogen (secondary N) is 1. The third-order valence-electron chi connectivity index (χ3n) is 6.90. The van der Waals surface area contributed by atoms with Crippen LogP contribution >= 0.6 is 0 Å². The van der Waals surface area contributed by atoms with Gasteiger partial charge in [0.15, 0.2) is 0 Å². The molecule has 1 aromatic heterocycles. The summed E-state index contributed by atoms with van der Waals surface area (Å²) >= 11 is 0. The summed E-state index contributed by atoms with van der Waals surface area (Å²) in [5.74, 6) is 2.25. The molecule has 2 saturated heterocycles. The van der Waals surface area contributed by atoms with Gasteiger partial charge in [0.25, 0.3) is 0 Å². The van der Waals surface area contributed by atoms with Gasteiger partial charge in [0.05, 0.1) is 18.1 Å². The first-order chi connectivity index (χ1) is 12.7. The molecule has 0 aromatic carbocycles. The zero-order valence-corrected chi connectivity index (χ0v) is 15.3. The van der Waals surface area contributed by atoms with Crippen molar-refractivity contribution >= 4 is 11.7 Å². The Bertz CT molecular complexity index is 663. The molecule has 6 nitrogen and oxygen atoms in total. The van der Waals surface area contributed by atoms with Crippen LogP contribution in [0.4, 0.5) is 10.5 Å². The van der Waals surface area contributed by atoms with Gasteiger partial charge in [-0.25, -0.2) is 14.8 Å². The highest BCUT2D eigenvalue weighted by molar-refractivity contribution is 5.90. The van der Waals surface area contributed by atoms with Crippen LogP contribution in [0.3, 0.4) is 0 Å². The first-order valence-electron chi connectivity index (χ1n) is 10.2. The van der Waals surface area contributed by atoms with E-state index in [0.717, 1.165) is 50.8 Å². The standard InChI is InChI=1S/C20H28N4O2/c25-19(23-16-11-21-17(22-12-16)10-14-2-3-14)24-13-20(6-1-7-20)18(24)15-4-8-26-9-5-15/h11-12,14-15,18H,1-10,13H2,(H,23,25). The van der Waals surface area contributed by atoms with Crippen LogP contribution in [0.15, 0.2) is 12.4 Å². The minimum Gasteiger partial charge on any atom is -0.381 e. The molecule has 26 heavy (non-hydrogen) atoms. The van der Waals surface area contributed by atoms with E-state index in [-0.39, 0.29) is 6.03 Å². The van der Waals surface area contributed by atoms with Crippen LogP contribution in [0, 0.1) is 17.3 Å². The van der Waals surface area contributed by atoms with Gasteiger partial charge in [0.1, 0.15) is 5.82 Å². The molecule has 4 fully saturated rings. The van der Waals surface area contributed by atoms with E-state index in [1.54, 1.807) is 12.4 Å². The molecule has 1 unspecified atom stereocenters. The summed E-state index contributed by atoms with van der Waals surface area (Å²) in [7, 11) is 0. The Morgan fingerprint density at radius 2 is 1.92 bits per heavy atom. The molecule has 0 bridgehead atoms. The third-order valence-corrected chi connectivity index (χ3v) is 6.90. The molecule has 140 valence electrons. The van der Waals surface area contributed by atoms with Gasteiger partial charge < -0.3 is 15.0 Å². The predicted molar refractivity (Wildman–Crippen MR) is 97.8 cm³/mol. The largest absolute Gasteiger partial charge is 0.381 e. The van der Waals surface area contributed by atoms with E-state index in [0.29, 0.717) is 23.1 Å². The Morgan fingerprint density at radius 1 is 1.19 bits per heavy atom. The molecule has 0 radical (unpaired) electrons. The zero-order valence-electron chi connectivity index (χ0n) is 15.3. The topological polar surface area (TPSA) is 67.4 Å². The van der Waals surface area contributed by atoms with Crippen molar-refractivity contribution in [3.05, 3.63) is 18.2 Å². The Balaban J connectivity index is 1.24. The second-order valence-corrected chi connectivity index (χ2v) is 8.70. The highest BCUT2D eigenvalue weighted by Gasteiger charge is 2.59. The Morgan fingerprint density at radius 3 is 2.54 bits per heavy atom. The van der Waals surface area contributed by atoms with Crippen molar-refractivity contribution in [3.8, 4) is 0 Å². The average Bonchev–Trinajstić information content (AvgIpc) is 3.39. The number of amides is 2. The van der Waals surface area contributed by atoms with E-state index in [4.69, 9.17) is 4.74 Å². The summed E-state index contributed by atoms with van der Waals surface area (Å²) in [5, 5.41) is 3.03. The lowest BCUT2D eigenvalue weighted by atomic mass is 9.54. The Kier molecular flexibility index (Phi) is 4.11. The lowest BCUT2D eigenvalue weighted by molar-refractivity contribution is -0.135. The predicted octanol–water partition coefficient (Wildman–Crippen LogP) is 3.24. The zero-order chi connectivity index (χ0) is 17.6. The molecule has 1 atom stereocenters. The fourth-order valence-electron chi connectivity index (χ4n) is 5.12. The maximum Gasteiger partial charge on any atom is 0.322 e. The Labute approximate surface area is 154 Å². The van der Waals surface area contributed by atoms with E-state index in [2.05, 4.69) is 20.2 Å². The summed E-state index contributed by atoms with van der Waals surface area (Å²) in [4.78, 5) is 23.8. The van der Waals surface area contributed by atoms with Crippen molar-refractivity contribution in [2.45, 2.75) is 57.4 Å². The molecule has 1 spiro atoms. The van der Waals surface area contributed by atoms with Crippen molar-refractivity contribution < 1.29 is 9.53 Å². The van der Waals surface area contributed by atoms with E-state index in [1.165, 1.54) is 32.1 Å². The normalized spacial score (nSPS) is 27.7. The summed E-state index contributed by atoms with van der Waals surface area (Å²) in [6.45, 7) is 2.58. The van der Waals surface area contributed by atoms with E-state index < -0.39 is 0 Å². The van der Waals surface area contributed by atoms with E-state index in [9.17, 15) is 4.79 Å². The molecule has 2 amide bonds. The van der Waals surface area contributed by atoms with Gasteiger partial charge in [-0.1, -0.05) is 6.42 Å². The van der Waals surface area contributed by atoms with Crippen LogP contribution in [0.5, 0.6) is 0 Å². The van der Waals surface area contributed by atoms with Crippen LogP contribution in [-0.2, 0) is 11.2 Å². The molecule has 3 heterocycles. The van der Waals surface area contributed by atoms with Gasteiger partial charge in [0, 0.05) is 37.6 Å². The summed E-state index contributed by atoms with van der Waals surface area (Å²) < 4.78 is 5.54. The number of carbonyl (C=O) groups excluding carboxylic acids is 1. The fourth-order valence-corrected chi connectivity index (χ4v) is 5.12. The molecular formula is C20H28N4O2. The molecule has 1 N–H and O–H groups in total. The number of nitrogens with zero attached hydrogens (tertiary/aromatic N) is 3. The molecule has 5 rings (SSSR count). The lowest BCUT2D eigenvalue weighted by Gasteiger charge is -2.64. The number of carbonyl (C=O) groups is 1. The monoisotopic (exact) mass is 356 g/mol. The number of anilines is 1. The maximum absolute atomic E-state index is 12.9. The number of aromatic nitrogens is 2. The minimum absolute atomic E-state index is 0.0116. The molecular weight excluding hydrogens is 328 g/mol. The van der Waals surface area contributed by atoms with Gasteiger partial charge in [-0.3, -0.25) is 0 Å². The van der Waals surface area contributed by atoms with Gasteiger partial charge >= 0.3 is 6.03 Å². The van der Waals surface area contributed by atoms with Crippen LogP contribution in [0.1, 0.15) is 50.8 Å². The fraction of sp³-hybridized carbons (Fsp3) is 0.750. The van der Waals surface area contributed by atoms with E-state index in [1.807, 2.05) is 0 Å². The first-order valence-corrected chi connectivity index (χ1v) is 10.2. The number of hydrogen-bond donors (Lipinski definition) is 1. The number of urea groups is 1. The van der Waals surface area contributed by atoms with Gasteiger partial charge in [-0.05, 0) is 50.4 Å². The lowest BCUT2D eigenvalue weighted by Crippen LogP contribution is -2.72. The average molecular weight is 356 g/mol. The highest BCUT2D eigenvalue weighted by atomic mass is 16.5. The molecule has 1 aromatic rings. The summed E-state index contributed by atoms with van der Waals surface area (Å²) in [6, 6.07) is 0.396. The summed E-state index contributed by atoms with van der Waals surface area (Å²) in [6.07, 6.45) is 13.1. The second kappa shape index (κ2) is 6.48. The van der Waals surface area contributed by atoms with Gasteiger partial charge in [-0.15, -0.1) is 0 Å². The van der Waals surface area contributed by atoms with Crippen molar-refractivity contribution in [2.24, 2.45) is 17.3 Å². The van der Waals surface area contributed by atoms with Crippen molar-refractivity contribution in [1.29, 1.82) is 0 Å². The Hall–Kier alpha value is -1.69. The van der Waals surface area contributed by atoms with E-state index >= 15 is 0 Å². The molecule has 6 heteroatoms. The van der Waals surface area contributed by atoms with Crippen LogP contribution in [0.25, 0.3) is 0 Å². The molecule has 2 aliphatic carbocycles. The molecule has 4 aliphatic rings. The maximum atomic E-state index is 12.9. The number of likely N-dealkylation sites (tertiary alicyclic amines) is 1. The summed E-state index contributed by atoms with van der Waals surface area (Å²) in [5.41, 5.74) is 1.10. The first kappa shape index (κ1) is 16.5. The highest BCUT2D eigenvalue weighted by Crippen LogP contribution is 2.56. The van der Waals surface area contributed by atoms with Crippen LogP contribution < -0.4 is 5.32 Å². The van der Waals surface area contributed by atoms with Crippen molar-refractivity contribution in [1.82, 2.24) is 14.9 Å². The van der Waals surface area contributed by atoms with Gasteiger partial charge in [-0.2, -0.15) is 0 Å². The quantitative estimate of drug-likeness (QED) is 0.899. The van der Waals surface area contributed by atoms with Crippen LogP contribution in [-0.4, -0.2) is 46.7 Å². The smallest absolute Gasteiger partial charge is 0.322 e. The van der Waals surface area contributed by atoms with Crippen molar-refractivity contribution in [3.63, 3.8) is 0 Å². The van der Waals surface area contributed by atoms with Crippen LogP contribution in [0.2, 0.25) is 0 Å². The number of hydrogen-bond acceptors (Lipinski definition) is 4. The number of rotatable bonds is 4. The second-order valence-electron chi connectivity index (χ2n) is 8.70. The third kappa shape index (κ3) is 2.98. The van der Waals surface area contributed by atoms with Gasteiger partial charge in [0.2, 0.25) is 0 Å².